The van der Waals surface area contributed by atoms with Gasteiger partial charge in [-0.3, -0.25) is 4.79 Å². The Bertz CT molecular complexity index is 1080. The molecule has 1 aromatic carbocycles. The third-order valence-electron chi connectivity index (χ3n) is 4.96. The lowest BCUT2D eigenvalue weighted by Crippen LogP contribution is -2.73. The van der Waals surface area contributed by atoms with E-state index in [1.54, 1.807) is 0 Å². The van der Waals surface area contributed by atoms with Crippen molar-refractivity contribution in [2.24, 2.45) is 0 Å². The number of ketones is 1. The summed E-state index contributed by atoms with van der Waals surface area (Å²) in [4.78, 5) is 24.1. The van der Waals surface area contributed by atoms with Gasteiger partial charge in [0.05, 0.1) is 6.61 Å². The monoisotopic (exact) mass is 620 g/mol. The average Bonchev–Trinajstić information content (AvgIpc) is 2.80. The number of rotatable bonds is 12. The summed E-state index contributed by atoms with van der Waals surface area (Å²) in [6.07, 6.45) is -7.76. The Balaban J connectivity index is 3.39. The fraction of sp³-hybridized carbons (Fsp3) is 0.600. The molecule has 0 radical (unpaired) electrons. The summed E-state index contributed by atoms with van der Waals surface area (Å²) in [5.41, 5.74) is -3.58. The van der Waals surface area contributed by atoms with Crippen LogP contribution in [0.15, 0.2) is 24.3 Å². The lowest BCUT2D eigenvalue weighted by atomic mass is 9.91. The van der Waals surface area contributed by atoms with Crippen LogP contribution >= 0.6 is 0 Å². The molecule has 0 aliphatic heterocycles. The summed E-state index contributed by atoms with van der Waals surface area (Å²) in [6.45, 7) is 0.101. The predicted molar refractivity (Wildman–Crippen MR) is 99.3 cm³/mol. The molecule has 40 heavy (non-hydrogen) atoms. The van der Waals surface area contributed by atoms with E-state index in [1.165, 1.54) is 0 Å². The Morgan fingerprint density at radius 2 is 1.07 bits per heavy atom. The van der Waals surface area contributed by atoms with Crippen LogP contribution in [0.3, 0.4) is 0 Å². The lowest BCUT2D eigenvalue weighted by molar-refractivity contribution is -0.450. The van der Waals surface area contributed by atoms with Gasteiger partial charge in [0.1, 0.15) is 12.4 Å². The van der Waals surface area contributed by atoms with Gasteiger partial charge >= 0.3 is 47.7 Å². The molecule has 0 aromatic heterocycles. The predicted octanol–water partition coefficient (Wildman–Crippen LogP) is 5.94. The van der Waals surface area contributed by atoms with Crippen LogP contribution in [-0.4, -0.2) is 77.4 Å². The van der Waals surface area contributed by atoms with Crippen LogP contribution in [0.5, 0.6) is 5.75 Å². The van der Waals surface area contributed by atoms with E-state index in [-0.39, 0.29) is 12.4 Å². The summed E-state index contributed by atoms with van der Waals surface area (Å²) in [6, 6.07) is 3.75. The number of halogens is 15. The fourth-order valence-electron chi connectivity index (χ4n) is 2.65. The average molecular weight is 620 g/mol. The number of aliphatic hydroxyl groups is 1. The summed E-state index contributed by atoms with van der Waals surface area (Å²) >= 11 is 0. The first kappa shape index (κ1) is 35.1. The van der Waals surface area contributed by atoms with Crippen molar-refractivity contribution in [2.45, 2.75) is 61.2 Å². The summed E-state index contributed by atoms with van der Waals surface area (Å²) in [5, 5.41) is 8.64. The highest BCUT2D eigenvalue weighted by Gasteiger charge is 2.94. The van der Waals surface area contributed by atoms with Gasteiger partial charge in [0, 0.05) is 5.56 Å². The van der Waals surface area contributed by atoms with Crippen molar-refractivity contribution in [1.29, 1.82) is 0 Å². The van der Waals surface area contributed by atoms with Gasteiger partial charge in [-0.1, -0.05) is 0 Å². The van der Waals surface area contributed by atoms with Crippen LogP contribution in [0.4, 0.5) is 65.9 Å². The largest absolute Gasteiger partial charge is 0.491 e. The van der Waals surface area contributed by atoms with Gasteiger partial charge in [-0.2, -0.15) is 65.9 Å². The number of hydrogen-bond acceptors (Lipinski definition) is 5. The highest BCUT2D eigenvalue weighted by Crippen LogP contribution is 2.62. The molecule has 0 unspecified atom stereocenters. The van der Waals surface area contributed by atoms with Crippen molar-refractivity contribution in [3.63, 3.8) is 0 Å². The van der Waals surface area contributed by atoms with Crippen molar-refractivity contribution in [1.82, 2.24) is 0 Å². The van der Waals surface area contributed by atoms with Crippen LogP contribution in [0, 0.1) is 0 Å². The smallest absolute Gasteiger partial charge is 0.460 e. The first-order chi connectivity index (χ1) is 17.6. The van der Waals surface area contributed by atoms with Crippen LogP contribution in [0.2, 0.25) is 0 Å². The third-order valence-corrected chi connectivity index (χ3v) is 4.96. The van der Waals surface area contributed by atoms with Crippen LogP contribution < -0.4 is 4.74 Å². The van der Waals surface area contributed by atoms with E-state index < -0.39 is 71.2 Å². The van der Waals surface area contributed by atoms with Crippen molar-refractivity contribution >= 4 is 11.8 Å². The molecule has 20 heteroatoms. The minimum Gasteiger partial charge on any atom is -0.491 e. The van der Waals surface area contributed by atoms with E-state index in [9.17, 15) is 75.4 Å². The number of alkyl halides is 15. The maximum atomic E-state index is 14.1. The molecule has 0 amide bonds. The Hall–Kier alpha value is -2.93. The maximum absolute atomic E-state index is 14.1. The number of aliphatic hydroxyl groups excluding tert-OH is 1. The zero-order valence-electron chi connectivity index (χ0n) is 19.5. The van der Waals surface area contributed by atoms with Crippen LogP contribution in [0.25, 0.3) is 0 Å². The van der Waals surface area contributed by atoms with E-state index >= 15 is 0 Å². The minimum absolute atomic E-state index is 0.00244. The molecule has 0 atom stereocenters. The molecule has 0 heterocycles. The van der Waals surface area contributed by atoms with Crippen LogP contribution in [-0.2, 0) is 9.53 Å². The summed E-state index contributed by atoms with van der Waals surface area (Å²) in [5.74, 6) is -54.6. The number of Topliss-reactive ketones (excluding diaryl/α,β-unsaturated/α-hetero) is 1. The van der Waals surface area contributed by atoms with Gasteiger partial charge in [-0.15, -0.1) is 0 Å². The molecule has 1 aromatic rings. The van der Waals surface area contributed by atoms with Crippen LogP contribution in [0.1, 0.15) is 24.2 Å². The highest BCUT2D eigenvalue weighted by molar-refractivity contribution is 6.03. The molecule has 0 aliphatic carbocycles. The van der Waals surface area contributed by atoms with Gasteiger partial charge in [-0.25, -0.2) is 4.79 Å². The molecule has 0 saturated heterocycles. The number of benzene rings is 1. The third kappa shape index (κ3) is 5.50. The molecular formula is C20H15F15O5. The van der Waals surface area contributed by atoms with Crippen molar-refractivity contribution in [2.75, 3.05) is 13.2 Å². The number of ether oxygens (including phenoxy) is 2. The quantitative estimate of drug-likeness (QED) is 0.178. The first-order valence-corrected chi connectivity index (χ1v) is 10.0. The van der Waals surface area contributed by atoms with E-state index in [1.807, 2.05) is 0 Å². The zero-order valence-corrected chi connectivity index (χ0v) is 19.5. The van der Waals surface area contributed by atoms with Gasteiger partial charge in [0.15, 0.2) is 5.60 Å². The summed E-state index contributed by atoms with van der Waals surface area (Å²) in [7, 11) is 0. The highest BCUT2D eigenvalue weighted by atomic mass is 19.4. The molecular weight excluding hydrogens is 605 g/mol. The first-order valence-electron chi connectivity index (χ1n) is 10.0. The van der Waals surface area contributed by atoms with E-state index in [0.717, 1.165) is 24.3 Å². The molecule has 0 fully saturated rings. The maximum Gasteiger partial charge on any atom is 0.460 e. The Labute approximate surface area is 212 Å². The SMILES string of the molecule is CC(C)(OC(=O)C(F)(F)C(F)(F)C(F)(F)C(F)(F)C(F)(F)C(F)(F)C(F)(F)F)C(=O)c1ccc(OCCO)cc1. The molecule has 0 aliphatic rings. The van der Waals surface area contributed by atoms with Crippen molar-refractivity contribution in [3.8, 4) is 5.75 Å². The molecule has 1 N–H and O–H groups in total. The standard InChI is InChI=1S/C20H15F15O5/c1-13(2,11(37)9-3-5-10(6-4-9)39-8-7-36)40-12(38)14(21,22)15(23,24)16(25,26)17(27,28)18(29,30)19(31,32)20(33,34)35/h3-6,36H,7-8H2,1-2H3. The second-order valence-electron chi connectivity index (χ2n) is 8.27. The van der Waals surface area contributed by atoms with Gasteiger partial charge in [0.25, 0.3) is 0 Å². The Kier molecular flexibility index (Phi) is 9.19. The second-order valence-corrected chi connectivity index (χ2v) is 8.27. The number of esters is 1. The fourth-order valence-corrected chi connectivity index (χ4v) is 2.65. The molecule has 230 valence electrons. The van der Waals surface area contributed by atoms with Gasteiger partial charge in [-0.05, 0) is 38.1 Å². The molecule has 0 saturated carbocycles. The minimum atomic E-state index is -8.57. The van der Waals surface area contributed by atoms with Crippen molar-refractivity contribution in [3.05, 3.63) is 29.8 Å². The van der Waals surface area contributed by atoms with E-state index in [0.29, 0.717) is 13.8 Å². The molecule has 0 spiro atoms. The lowest BCUT2D eigenvalue weighted by Gasteiger charge is -2.41. The van der Waals surface area contributed by atoms with Gasteiger partial charge < -0.3 is 14.6 Å². The molecule has 5 nitrogen and oxygen atoms in total. The van der Waals surface area contributed by atoms with Gasteiger partial charge in [0.2, 0.25) is 5.78 Å². The molecule has 0 bridgehead atoms. The van der Waals surface area contributed by atoms with E-state index in [2.05, 4.69) is 4.74 Å². The molecule has 1 rings (SSSR count). The number of carbonyl (C=O) groups excluding carboxylic acids is 2. The Morgan fingerprint density at radius 1 is 0.675 bits per heavy atom. The Morgan fingerprint density at radius 3 is 1.48 bits per heavy atom. The second kappa shape index (κ2) is 10.5. The van der Waals surface area contributed by atoms with Crippen molar-refractivity contribution < 1.29 is 90.0 Å². The number of hydrogen-bond donors (Lipinski definition) is 1. The van der Waals surface area contributed by atoms with E-state index in [4.69, 9.17) is 9.84 Å². The topological polar surface area (TPSA) is 72.8 Å². The normalized spacial score (nSPS) is 14.7. The number of carbonyl (C=O) groups is 2. The summed E-state index contributed by atoms with van der Waals surface area (Å²) < 4.78 is 208. The zero-order chi connectivity index (χ0) is 32.0.